The van der Waals surface area contributed by atoms with Gasteiger partial charge in [0.2, 0.25) is 0 Å². The molecule has 2 aromatic heterocycles. The topological polar surface area (TPSA) is 88.2 Å². The predicted octanol–water partition coefficient (Wildman–Crippen LogP) is 5.85. The molecule has 1 aromatic carbocycles. The molecule has 29 heavy (non-hydrogen) atoms. The highest BCUT2D eigenvalue weighted by Crippen LogP contribution is 2.44. The minimum absolute atomic E-state index is 0.250. The van der Waals surface area contributed by atoms with E-state index in [0.29, 0.717) is 11.1 Å². The molecular weight excluding hydrogens is 521 g/mol. The first-order valence-electron chi connectivity index (χ1n) is 9.44. The summed E-state index contributed by atoms with van der Waals surface area (Å²) in [5, 5.41) is 11.0. The lowest BCUT2D eigenvalue weighted by Gasteiger charge is -2.28. The number of pyridine rings is 1. The number of nitrogens with one attached hydrogen (secondary N) is 1. The number of nitrogens with two attached hydrogens (primary N) is 1. The molecule has 4 N–H and O–H groups in total. The monoisotopic (exact) mass is 543 g/mol. The van der Waals surface area contributed by atoms with Gasteiger partial charge in [0.15, 0.2) is 0 Å². The van der Waals surface area contributed by atoms with Gasteiger partial charge in [0, 0.05) is 29.4 Å². The van der Waals surface area contributed by atoms with Crippen LogP contribution in [0.5, 0.6) is 0 Å². The Hall–Kier alpha value is -1.42. The molecule has 1 fully saturated rings. The summed E-state index contributed by atoms with van der Waals surface area (Å²) in [7, 11) is 0. The normalized spacial score (nSPS) is 18.7. The molecule has 0 bridgehead atoms. The highest BCUT2D eigenvalue weighted by Gasteiger charge is 2.28. The highest BCUT2D eigenvalue weighted by molar-refractivity contribution is 14.1. The fourth-order valence-electron chi connectivity index (χ4n) is 3.67. The summed E-state index contributed by atoms with van der Waals surface area (Å²) in [6.07, 6.45) is 4.79. The van der Waals surface area contributed by atoms with Gasteiger partial charge in [-0.15, -0.1) is 11.3 Å². The highest BCUT2D eigenvalue weighted by atomic mass is 127. The van der Waals surface area contributed by atoms with Crippen molar-refractivity contribution in [3.8, 4) is 0 Å². The van der Waals surface area contributed by atoms with Gasteiger partial charge in [-0.25, -0.2) is 4.98 Å². The fourth-order valence-corrected chi connectivity index (χ4v) is 6.51. The number of anilines is 1. The summed E-state index contributed by atoms with van der Waals surface area (Å²) in [6.45, 7) is 0.517. The van der Waals surface area contributed by atoms with Crippen LogP contribution in [0.1, 0.15) is 42.0 Å². The molecule has 0 spiro atoms. The maximum Gasteiger partial charge on any atom is 0.290 e. The molecule has 1 aliphatic rings. The van der Waals surface area contributed by atoms with Crippen LogP contribution in [0, 0.1) is 3.57 Å². The number of carboxylic acid groups (broad SMARTS) is 1. The Labute approximate surface area is 192 Å². The first-order chi connectivity index (χ1) is 14.0. The van der Waals surface area contributed by atoms with Crippen molar-refractivity contribution in [2.75, 3.05) is 5.32 Å². The Bertz CT molecular complexity index is 967. The number of hydrogen-bond donors (Lipinski definition) is 3. The summed E-state index contributed by atoms with van der Waals surface area (Å²) in [6, 6.07) is 12.6. The Morgan fingerprint density at radius 1 is 1.31 bits per heavy atom. The van der Waals surface area contributed by atoms with Crippen LogP contribution in [-0.2, 0) is 11.3 Å². The Morgan fingerprint density at radius 3 is 2.69 bits per heavy atom. The quantitative estimate of drug-likeness (QED) is 0.218. The number of nitrogens with zero attached hydrogens (tertiary/aromatic N) is 1. The average Bonchev–Trinajstić information content (AvgIpc) is 3.04. The van der Waals surface area contributed by atoms with E-state index in [-0.39, 0.29) is 12.5 Å². The van der Waals surface area contributed by atoms with Crippen LogP contribution < -0.4 is 11.1 Å². The molecular formula is C21H23ClIN3O2S. The largest absolute Gasteiger partial charge is 0.483 e. The Morgan fingerprint density at radius 2 is 2.00 bits per heavy atom. The van der Waals surface area contributed by atoms with Gasteiger partial charge < -0.3 is 16.2 Å². The predicted molar refractivity (Wildman–Crippen MR) is 129 cm³/mol. The van der Waals surface area contributed by atoms with Crippen LogP contribution in [0.25, 0.3) is 10.2 Å². The van der Waals surface area contributed by atoms with Gasteiger partial charge >= 0.3 is 0 Å². The van der Waals surface area contributed by atoms with Crippen molar-refractivity contribution in [1.82, 2.24) is 4.98 Å². The van der Waals surface area contributed by atoms with Gasteiger partial charge in [0.25, 0.3) is 6.47 Å². The molecule has 1 saturated carbocycles. The smallest absolute Gasteiger partial charge is 0.290 e. The van der Waals surface area contributed by atoms with Crippen molar-refractivity contribution in [2.24, 2.45) is 5.73 Å². The zero-order chi connectivity index (χ0) is 20.8. The molecule has 0 saturated heterocycles. The molecule has 8 heteroatoms. The lowest BCUT2D eigenvalue weighted by Crippen LogP contribution is -2.31. The van der Waals surface area contributed by atoms with Crippen molar-refractivity contribution < 1.29 is 9.90 Å². The number of aromatic nitrogens is 1. The summed E-state index contributed by atoms with van der Waals surface area (Å²) in [4.78, 5) is 14.4. The van der Waals surface area contributed by atoms with E-state index in [1.54, 1.807) is 0 Å². The van der Waals surface area contributed by atoms with E-state index in [1.165, 1.54) is 38.0 Å². The third-order valence-corrected chi connectivity index (χ3v) is 8.06. The van der Waals surface area contributed by atoms with E-state index < -0.39 is 0 Å². The molecule has 0 amide bonds. The summed E-state index contributed by atoms with van der Waals surface area (Å²) in [5.74, 6) is 0.440. The van der Waals surface area contributed by atoms with Crippen LogP contribution in [0.3, 0.4) is 0 Å². The molecule has 3 aromatic rings. The molecule has 154 valence electrons. The second-order valence-corrected chi connectivity index (χ2v) is 9.47. The van der Waals surface area contributed by atoms with Crippen molar-refractivity contribution >= 4 is 67.9 Å². The summed E-state index contributed by atoms with van der Waals surface area (Å²) < 4.78 is 2.40. The third-order valence-electron chi connectivity index (χ3n) is 5.06. The van der Waals surface area contributed by atoms with E-state index in [9.17, 15) is 0 Å². The van der Waals surface area contributed by atoms with E-state index in [1.807, 2.05) is 23.5 Å². The molecule has 2 atom stereocenters. The number of halogens is 2. The second-order valence-electron chi connectivity index (χ2n) is 6.95. The standard InChI is InChI=1S/C20H21ClIN3S.CH2O2/c21-16-10-15(24-11-12-6-2-1-3-7-12)20-18(25-16)17(22)19(26-20)13-8-4-5-9-14(13)23;2-1-3/h1-3,6-7,10,13-14H,4-5,8-9,11,23H2,(H,24,25);1H,(H,2,3)/t13-,14-;/m0./s1. The lowest BCUT2D eigenvalue weighted by molar-refractivity contribution is -0.122. The molecule has 0 radical (unpaired) electrons. The van der Waals surface area contributed by atoms with E-state index in [2.05, 4.69) is 57.2 Å². The third kappa shape index (κ3) is 5.39. The summed E-state index contributed by atoms with van der Waals surface area (Å²) in [5.41, 5.74) is 9.75. The fraction of sp³-hybridized carbons (Fsp3) is 0.333. The van der Waals surface area contributed by atoms with E-state index in [4.69, 9.17) is 27.2 Å². The zero-order valence-corrected chi connectivity index (χ0v) is 19.5. The Kier molecular flexibility index (Phi) is 8.11. The maximum absolute atomic E-state index is 8.36. The minimum atomic E-state index is -0.250. The number of fused-ring (bicyclic) bond motifs is 1. The van der Waals surface area contributed by atoms with Gasteiger partial charge in [-0.05, 0) is 41.0 Å². The number of thiophene rings is 1. The molecule has 5 nitrogen and oxygen atoms in total. The van der Waals surface area contributed by atoms with Gasteiger partial charge in [0.05, 0.1) is 19.5 Å². The first kappa shape index (κ1) is 22.3. The molecule has 0 aliphatic heterocycles. The van der Waals surface area contributed by atoms with Gasteiger partial charge in [-0.1, -0.05) is 54.8 Å². The number of rotatable bonds is 4. The van der Waals surface area contributed by atoms with Crippen molar-refractivity contribution in [2.45, 2.75) is 44.2 Å². The maximum atomic E-state index is 8.36. The molecule has 0 unspecified atom stereocenters. The summed E-state index contributed by atoms with van der Waals surface area (Å²) >= 11 is 10.6. The molecule has 1 aliphatic carbocycles. The average molecular weight is 544 g/mol. The molecule has 2 heterocycles. The van der Waals surface area contributed by atoms with Crippen molar-refractivity contribution in [3.63, 3.8) is 0 Å². The van der Waals surface area contributed by atoms with Crippen LogP contribution in [0.15, 0.2) is 36.4 Å². The number of carbonyl (C=O) groups is 1. The first-order valence-corrected chi connectivity index (χ1v) is 11.7. The van der Waals surface area contributed by atoms with Crippen molar-refractivity contribution in [3.05, 3.63) is 55.6 Å². The van der Waals surface area contributed by atoms with Crippen LogP contribution in [0.2, 0.25) is 5.15 Å². The zero-order valence-electron chi connectivity index (χ0n) is 15.8. The Balaban J connectivity index is 0.000000755. The van der Waals surface area contributed by atoms with Crippen LogP contribution >= 0.6 is 45.5 Å². The second kappa shape index (κ2) is 10.6. The van der Waals surface area contributed by atoms with Crippen molar-refractivity contribution in [1.29, 1.82) is 0 Å². The van der Waals surface area contributed by atoms with Gasteiger partial charge in [-0.3, -0.25) is 4.79 Å². The minimum Gasteiger partial charge on any atom is -0.483 e. The van der Waals surface area contributed by atoms with Crippen LogP contribution in [0.4, 0.5) is 5.69 Å². The van der Waals surface area contributed by atoms with Crippen LogP contribution in [-0.4, -0.2) is 22.6 Å². The lowest BCUT2D eigenvalue weighted by atomic mass is 9.84. The van der Waals surface area contributed by atoms with Gasteiger partial charge in [0.1, 0.15) is 5.15 Å². The van der Waals surface area contributed by atoms with E-state index >= 15 is 0 Å². The molecule has 4 rings (SSSR count). The number of hydrogen-bond acceptors (Lipinski definition) is 5. The van der Waals surface area contributed by atoms with Gasteiger partial charge in [-0.2, -0.15) is 0 Å². The van der Waals surface area contributed by atoms with E-state index in [0.717, 1.165) is 24.2 Å². The SMILES string of the molecule is N[C@H]1CCCC[C@@H]1c1sc2c(NCc3ccccc3)cc(Cl)nc2c1I.O=CO. The number of benzene rings is 1.